The zero-order chi connectivity index (χ0) is 17.6. The van der Waals surface area contributed by atoms with Gasteiger partial charge >= 0.3 is 6.18 Å². The highest BCUT2D eigenvalue weighted by molar-refractivity contribution is 6.00. The van der Waals surface area contributed by atoms with Crippen LogP contribution in [0.15, 0.2) is 24.4 Å². The predicted octanol–water partition coefficient (Wildman–Crippen LogP) is 2.74. The molecule has 4 rings (SSSR count). The largest absolute Gasteiger partial charge is 0.433 e. The zero-order valence-electron chi connectivity index (χ0n) is 13.4. The summed E-state index contributed by atoms with van der Waals surface area (Å²) in [5.74, 6) is -0.00311. The molecule has 1 aromatic heterocycles. The van der Waals surface area contributed by atoms with Crippen LogP contribution in [-0.2, 0) is 17.4 Å². The molecule has 132 valence electrons. The molecule has 2 aliphatic rings. The topological polar surface area (TPSA) is 61.0 Å². The van der Waals surface area contributed by atoms with Crippen molar-refractivity contribution in [1.82, 2.24) is 15.5 Å². The zero-order valence-corrected chi connectivity index (χ0v) is 13.4. The van der Waals surface area contributed by atoms with Crippen molar-refractivity contribution < 1.29 is 18.0 Å². The Morgan fingerprint density at radius 2 is 2.12 bits per heavy atom. The first-order chi connectivity index (χ1) is 12.0. The summed E-state index contributed by atoms with van der Waals surface area (Å²) in [4.78, 5) is 14.4. The van der Waals surface area contributed by atoms with Crippen molar-refractivity contribution >= 4 is 11.6 Å². The number of nitrogens with zero attached hydrogens (tertiary/aromatic N) is 2. The first kappa shape index (κ1) is 16.1. The van der Waals surface area contributed by atoms with E-state index < -0.39 is 11.9 Å². The Bertz CT molecular complexity index is 808. The molecule has 1 amide bonds. The normalized spacial score (nSPS) is 20.1. The Morgan fingerprint density at radius 3 is 2.84 bits per heavy atom. The van der Waals surface area contributed by atoms with E-state index in [0.717, 1.165) is 24.9 Å². The Kier molecular flexibility index (Phi) is 3.79. The molecule has 25 heavy (non-hydrogen) atoms. The lowest BCUT2D eigenvalue weighted by atomic mass is 9.98. The number of hydrogen-bond acceptors (Lipinski definition) is 3. The summed E-state index contributed by atoms with van der Waals surface area (Å²) >= 11 is 0. The standard InChI is InChI=1S/C17H17F3N4O/c18-17(19,20)15-12(9-22-23-15)10-3-1-5-14-11(10)6-8-24(14)16(25)13-4-2-7-21-13/h1,3,5,9,13,21H,2,4,6-8H2,(H,22,23)/t13-/m0/s1. The quantitative estimate of drug-likeness (QED) is 0.876. The molecular formula is C17H17F3N4O. The van der Waals surface area contributed by atoms with Crippen LogP contribution in [0, 0.1) is 0 Å². The lowest BCUT2D eigenvalue weighted by Gasteiger charge is -2.21. The first-order valence-electron chi connectivity index (χ1n) is 8.24. The number of carbonyl (C=O) groups is 1. The van der Waals surface area contributed by atoms with Gasteiger partial charge in [-0.3, -0.25) is 9.89 Å². The number of carbonyl (C=O) groups excluding carboxylic acids is 1. The van der Waals surface area contributed by atoms with Crippen molar-refractivity contribution in [2.24, 2.45) is 0 Å². The second kappa shape index (κ2) is 5.87. The molecule has 0 aliphatic carbocycles. The van der Waals surface area contributed by atoms with Crippen LogP contribution in [0.25, 0.3) is 11.1 Å². The molecule has 3 heterocycles. The highest BCUT2D eigenvalue weighted by Crippen LogP contribution is 2.41. The van der Waals surface area contributed by atoms with E-state index >= 15 is 0 Å². The monoisotopic (exact) mass is 350 g/mol. The molecule has 1 atom stereocenters. The number of rotatable bonds is 2. The van der Waals surface area contributed by atoms with E-state index in [2.05, 4.69) is 10.4 Å². The molecule has 1 aromatic carbocycles. The Morgan fingerprint density at radius 1 is 1.28 bits per heavy atom. The summed E-state index contributed by atoms with van der Waals surface area (Å²) in [6.45, 7) is 1.31. The van der Waals surface area contributed by atoms with E-state index in [1.165, 1.54) is 6.20 Å². The van der Waals surface area contributed by atoms with Crippen LogP contribution in [0.4, 0.5) is 18.9 Å². The van der Waals surface area contributed by atoms with E-state index in [9.17, 15) is 18.0 Å². The number of halogens is 3. The van der Waals surface area contributed by atoms with Crippen LogP contribution in [-0.4, -0.2) is 35.2 Å². The van der Waals surface area contributed by atoms with Gasteiger partial charge < -0.3 is 10.2 Å². The predicted molar refractivity (Wildman–Crippen MR) is 86.1 cm³/mol. The van der Waals surface area contributed by atoms with Gasteiger partial charge in [-0.2, -0.15) is 18.3 Å². The van der Waals surface area contributed by atoms with Gasteiger partial charge in [0.25, 0.3) is 0 Å². The number of alkyl halides is 3. The van der Waals surface area contributed by atoms with Crippen LogP contribution >= 0.6 is 0 Å². The third-order valence-corrected chi connectivity index (χ3v) is 4.86. The number of hydrogen-bond donors (Lipinski definition) is 2. The molecule has 0 unspecified atom stereocenters. The SMILES string of the molecule is O=C([C@@H]1CCCN1)N1CCc2c(-c3cn[nH]c3C(F)(F)F)cccc21. The number of aromatic nitrogens is 2. The fourth-order valence-corrected chi connectivity index (χ4v) is 3.71. The summed E-state index contributed by atoms with van der Waals surface area (Å²) in [6.07, 6.45) is -1.02. The summed E-state index contributed by atoms with van der Waals surface area (Å²) in [5.41, 5.74) is 1.11. The minimum atomic E-state index is -4.50. The molecule has 2 N–H and O–H groups in total. The highest BCUT2D eigenvalue weighted by Gasteiger charge is 2.38. The van der Waals surface area contributed by atoms with E-state index in [-0.39, 0.29) is 17.5 Å². The van der Waals surface area contributed by atoms with Gasteiger partial charge in [-0.05, 0) is 43.0 Å². The van der Waals surface area contributed by atoms with Gasteiger partial charge in [-0.25, -0.2) is 0 Å². The lowest BCUT2D eigenvalue weighted by molar-refractivity contribution is -0.140. The van der Waals surface area contributed by atoms with Crippen molar-refractivity contribution in [3.05, 3.63) is 35.7 Å². The molecule has 8 heteroatoms. The number of fused-ring (bicyclic) bond motifs is 1. The van der Waals surface area contributed by atoms with Crippen LogP contribution in [0.2, 0.25) is 0 Å². The van der Waals surface area contributed by atoms with Gasteiger partial charge in [0.05, 0.1) is 12.2 Å². The van der Waals surface area contributed by atoms with Gasteiger partial charge in [0, 0.05) is 17.8 Å². The van der Waals surface area contributed by atoms with Crippen molar-refractivity contribution in [2.75, 3.05) is 18.0 Å². The van der Waals surface area contributed by atoms with Crippen molar-refractivity contribution in [3.8, 4) is 11.1 Å². The number of nitrogens with one attached hydrogen (secondary N) is 2. The molecule has 1 saturated heterocycles. The Hall–Kier alpha value is -2.35. The summed E-state index contributed by atoms with van der Waals surface area (Å²) < 4.78 is 39.6. The minimum Gasteiger partial charge on any atom is -0.310 e. The summed E-state index contributed by atoms with van der Waals surface area (Å²) in [6, 6.07) is 4.94. The number of aromatic amines is 1. The molecule has 0 saturated carbocycles. The van der Waals surface area contributed by atoms with E-state index in [1.807, 2.05) is 5.10 Å². The molecule has 1 fully saturated rings. The van der Waals surface area contributed by atoms with Crippen molar-refractivity contribution in [2.45, 2.75) is 31.5 Å². The van der Waals surface area contributed by atoms with Crippen LogP contribution < -0.4 is 10.2 Å². The molecular weight excluding hydrogens is 333 g/mol. The second-order valence-electron chi connectivity index (χ2n) is 6.35. The van der Waals surface area contributed by atoms with Crippen LogP contribution in [0.3, 0.4) is 0 Å². The Balaban J connectivity index is 1.73. The fourth-order valence-electron chi connectivity index (χ4n) is 3.71. The van der Waals surface area contributed by atoms with Crippen LogP contribution in [0.1, 0.15) is 24.1 Å². The van der Waals surface area contributed by atoms with Crippen molar-refractivity contribution in [3.63, 3.8) is 0 Å². The molecule has 2 aliphatic heterocycles. The Labute approximate surface area is 142 Å². The van der Waals surface area contributed by atoms with Gasteiger partial charge in [0.15, 0.2) is 0 Å². The third kappa shape index (κ3) is 2.70. The number of H-pyrrole nitrogens is 1. The smallest absolute Gasteiger partial charge is 0.310 e. The fraction of sp³-hybridized carbons (Fsp3) is 0.412. The second-order valence-corrected chi connectivity index (χ2v) is 6.35. The third-order valence-electron chi connectivity index (χ3n) is 4.86. The number of benzene rings is 1. The summed E-state index contributed by atoms with van der Waals surface area (Å²) in [7, 11) is 0. The molecule has 0 spiro atoms. The van der Waals surface area contributed by atoms with Gasteiger partial charge in [0.1, 0.15) is 5.69 Å². The van der Waals surface area contributed by atoms with Gasteiger partial charge in [-0.1, -0.05) is 12.1 Å². The van der Waals surface area contributed by atoms with Crippen LogP contribution in [0.5, 0.6) is 0 Å². The van der Waals surface area contributed by atoms with E-state index in [0.29, 0.717) is 24.2 Å². The highest BCUT2D eigenvalue weighted by atomic mass is 19.4. The molecule has 5 nitrogen and oxygen atoms in total. The molecule has 0 bridgehead atoms. The maximum Gasteiger partial charge on any atom is 0.433 e. The number of anilines is 1. The van der Waals surface area contributed by atoms with E-state index in [1.54, 1.807) is 23.1 Å². The lowest BCUT2D eigenvalue weighted by Crippen LogP contribution is -2.42. The maximum atomic E-state index is 13.2. The van der Waals surface area contributed by atoms with Gasteiger partial charge in [0.2, 0.25) is 5.91 Å². The summed E-state index contributed by atoms with van der Waals surface area (Å²) in [5, 5.41) is 8.80. The number of amides is 1. The average molecular weight is 350 g/mol. The average Bonchev–Trinajstić information content (AvgIpc) is 3.31. The first-order valence-corrected chi connectivity index (χ1v) is 8.24. The van der Waals surface area contributed by atoms with E-state index in [4.69, 9.17) is 0 Å². The van der Waals surface area contributed by atoms with Crippen molar-refractivity contribution in [1.29, 1.82) is 0 Å². The minimum absolute atomic E-state index is 0.00311. The molecule has 2 aromatic rings. The molecule has 0 radical (unpaired) electrons. The van der Waals surface area contributed by atoms with Gasteiger partial charge in [-0.15, -0.1) is 0 Å². The maximum absolute atomic E-state index is 13.2.